The minimum absolute atomic E-state index is 0.903. The van der Waals surface area contributed by atoms with Crippen LogP contribution in [-0.4, -0.2) is 4.57 Å². The normalized spacial score (nSPS) is 11.6. The van der Waals surface area contributed by atoms with Crippen molar-refractivity contribution in [3.05, 3.63) is 231 Å². The Morgan fingerprint density at radius 2 is 0.852 bits per heavy atom. The van der Waals surface area contributed by atoms with Gasteiger partial charge < -0.3 is 13.9 Å². The Morgan fingerprint density at radius 1 is 0.328 bits per heavy atom. The Labute approximate surface area is 353 Å². The number of aromatic nitrogens is 1. The maximum atomic E-state index is 6.23. The number of hydrogen-bond acceptors (Lipinski definition) is 2. The van der Waals surface area contributed by atoms with Gasteiger partial charge >= 0.3 is 0 Å². The Hall–Kier alpha value is -8.14. The lowest BCUT2D eigenvalue weighted by Gasteiger charge is -2.26. The van der Waals surface area contributed by atoms with Gasteiger partial charge in [0.15, 0.2) is 0 Å². The Kier molecular flexibility index (Phi) is 8.17. The van der Waals surface area contributed by atoms with Gasteiger partial charge in [-0.15, -0.1) is 0 Å². The molecule has 2 aromatic heterocycles. The summed E-state index contributed by atoms with van der Waals surface area (Å²) in [5.41, 5.74) is 15.7. The van der Waals surface area contributed by atoms with Crippen molar-refractivity contribution in [1.29, 1.82) is 0 Å². The zero-order valence-electron chi connectivity index (χ0n) is 33.2. The molecule has 0 radical (unpaired) electrons. The molecular weight excluding hydrogens is 741 g/mol. The maximum Gasteiger partial charge on any atom is 0.136 e. The van der Waals surface area contributed by atoms with Crippen molar-refractivity contribution in [1.82, 2.24) is 4.57 Å². The molecule has 0 aliphatic heterocycles. The van der Waals surface area contributed by atoms with Gasteiger partial charge in [0.25, 0.3) is 0 Å². The third-order valence-corrected chi connectivity index (χ3v) is 12.2. The third kappa shape index (κ3) is 5.98. The van der Waals surface area contributed by atoms with E-state index in [9.17, 15) is 0 Å². The lowest BCUT2D eigenvalue weighted by atomic mass is 9.98. The molecule has 0 unspecified atom stereocenters. The largest absolute Gasteiger partial charge is 0.456 e. The molecule has 0 atom stereocenters. The van der Waals surface area contributed by atoms with Crippen molar-refractivity contribution in [3.8, 4) is 39.1 Å². The SMILES string of the molecule is c1cc(-c2ccc(-c3ccc(N(c4ccc(-c5cccc6oc7ccccc7c56)cc4)c4ccc5ccccc5c4)cc3)cc2)cc(-n2c3ccccc3c3ccccc32)c1. The molecule has 0 saturated heterocycles. The van der Waals surface area contributed by atoms with Crippen LogP contribution in [0.5, 0.6) is 0 Å². The molecule has 0 amide bonds. The van der Waals surface area contributed by atoms with Crippen LogP contribution in [-0.2, 0) is 0 Å². The van der Waals surface area contributed by atoms with E-state index >= 15 is 0 Å². The number of para-hydroxylation sites is 3. The number of nitrogens with zero attached hydrogens (tertiary/aromatic N) is 2. The van der Waals surface area contributed by atoms with Gasteiger partial charge in [0.05, 0.1) is 11.0 Å². The lowest BCUT2D eigenvalue weighted by molar-refractivity contribution is 0.669. The highest BCUT2D eigenvalue weighted by atomic mass is 16.3. The molecule has 0 aliphatic carbocycles. The molecule has 61 heavy (non-hydrogen) atoms. The van der Waals surface area contributed by atoms with Crippen molar-refractivity contribution in [2.24, 2.45) is 0 Å². The number of benzene rings is 10. The van der Waals surface area contributed by atoms with Crippen LogP contribution in [0.15, 0.2) is 235 Å². The minimum atomic E-state index is 0.903. The van der Waals surface area contributed by atoms with E-state index in [1.807, 2.05) is 12.1 Å². The van der Waals surface area contributed by atoms with Gasteiger partial charge in [-0.1, -0.05) is 158 Å². The average Bonchev–Trinajstić information content (AvgIpc) is 3.88. The maximum absolute atomic E-state index is 6.23. The van der Waals surface area contributed by atoms with Crippen LogP contribution in [0.1, 0.15) is 0 Å². The topological polar surface area (TPSA) is 21.3 Å². The molecule has 3 heteroatoms. The number of anilines is 3. The molecule has 12 rings (SSSR count). The minimum Gasteiger partial charge on any atom is -0.456 e. The van der Waals surface area contributed by atoms with Gasteiger partial charge in [-0.05, 0) is 117 Å². The van der Waals surface area contributed by atoms with Crippen LogP contribution in [0.4, 0.5) is 17.1 Å². The van der Waals surface area contributed by atoms with Crippen LogP contribution < -0.4 is 4.90 Å². The zero-order chi connectivity index (χ0) is 40.3. The van der Waals surface area contributed by atoms with Crippen LogP contribution in [0.2, 0.25) is 0 Å². The van der Waals surface area contributed by atoms with Crippen molar-refractivity contribution in [2.45, 2.75) is 0 Å². The molecule has 0 fully saturated rings. The van der Waals surface area contributed by atoms with E-state index in [0.717, 1.165) is 55.8 Å². The molecule has 0 aliphatic rings. The van der Waals surface area contributed by atoms with Crippen molar-refractivity contribution in [2.75, 3.05) is 4.90 Å². The number of furan rings is 1. The van der Waals surface area contributed by atoms with Crippen LogP contribution in [0, 0.1) is 0 Å². The molecule has 2 heterocycles. The second kappa shape index (κ2) is 14.3. The Bertz CT molecular complexity index is 3520. The molecule has 0 N–H and O–H groups in total. The monoisotopic (exact) mass is 778 g/mol. The summed E-state index contributed by atoms with van der Waals surface area (Å²) in [4.78, 5) is 2.35. The highest BCUT2D eigenvalue weighted by Crippen LogP contribution is 2.41. The van der Waals surface area contributed by atoms with E-state index in [-0.39, 0.29) is 0 Å². The first-order valence-electron chi connectivity index (χ1n) is 20.8. The predicted molar refractivity (Wildman–Crippen MR) is 257 cm³/mol. The molecule has 286 valence electrons. The highest BCUT2D eigenvalue weighted by molar-refractivity contribution is 6.12. The fourth-order valence-electron chi connectivity index (χ4n) is 9.25. The van der Waals surface area contributed by atoms with Gasteiger partial charge in [0.1, 0.15) is 11.2 Å². The first kappa shape index (κ1) is 34.9. The van der Waals surface area contributed by atoms with Gasteiger partial charge in [-0.3, -0.25) is 0 Å². The van der Waals surface area contributed by atoms with Crippen LogP contribution >= 0.6 is 0 Å². The van der Waals surface area contributed by atoms with Gasteiger partial charge in [-0.25, -0.2) is 0 Å². The molecule has 0 spiro atoms. The summed E-state index contributed by atoms with van der Waals surface area (Å²) in [6.07, 6.45) is 0. The fourth-order valence-corrected chi connectivity index (χ4v) is 9.25. The van der Waals surface area contributed by atoms with Crippen molar-refractivity contribution < 1.29 is 4.42 Å². The molecule has 0 saturated carbocycles. The highest BCUT2D eigenvalue weighted by Gasteiger charge is 2.17. The Morgan fingerprint density at radius 3 is 1.56 bits per heavy atom. The summed E-state index contributed by atoms with van der Waals surface area (Å²) in [7, 11) is 0. The van der Waals surface area contributed by atoms with E-state index in [1.165, 1.54) is 54.8 Å². The number of rotatable bonds is 7. The molecule has 3 nitrogen and oxygen atoms in total. The lowest BCUT2D eigenvalue weighted by Crippen LogP contribution is -2.09. The van der Waals surface area contributed by atoms with Crippen LogP contribution in [0.3, 0.4) is 0 Å². The van der Waals surface area contributed by atoms with Gasteiger partial charge in [-0.2, -0.15) is 0 Å². The van der Waals surface area contributed by atoms with Crippen molar-refractivity contribution >= 4 is 71.6 Å². The summed E-state index contributed by atoms with van der Waals surface area (Å²) < 4.78 is 8.60. The van der Waals surface area contributed by atoms with Crippen molar-refractivity contribution in [3.63, 3.8) is 0 Å². The van der Waals surface area contributed by atoms with E-state index in [4.69, 9.17) is 4.42 Å². The quantitative estimate of drug-likeness (QED) is 0.161. The summed E-state index contributed by atoms with van der Waals surface area (Å²) >= 11 is 0. The van der Waals surface area contributed by atoms with Gasteiger partial charge in [0, 0.05) is 44.3 Å². The molecule has 12 aromatic rings. The molecular formula is C58H38N2O. The number of hydrogen-bond donors (Lipinski definition) is 0. The Balaban J connectivity index is 0.873. The standard InChI is InChI=1S/C58H38N2O/c1-2-12-44-38-49(36-29-39(44)11-1)59(47-34-30-43(31-35-47)50-18-10-22-57-58(50)53-17-5-8-21-56(53)61-57)46-32-27-41(28-33-46)40-23-25-42(26-24-40)45-13-9-14-48(37-45)60-54-19-6-3-15-51(54)52-16-4-7-20-55(52)60/h1-38H. The summed E-state index contributed by atoms with van der Waals surface area (Å²) in [6, 6.07) is 82.9. The number of fused-ring (bicyclic) bond motifs is 7. The zero-order valence-corrected chi connectivity index (χ0v) is 33.2. The first-order valence-corrected chi connectivity index (χ1v) is 20.8. The summed E-state index contributed by atoms with van der Waals surface area (Å²) in [5.74, 6) is 0. The second-order valence-electron chi connectivity index (χ2n) is 15.7. The van der Waals surface area contributed by atoms with E-state index in [0.29, 0.717) is 0 Å². The predicted octanol–water partition coefficient (Wildman–Crippen LogP) is 16.3. The van der Waals surface area contributed by atoms with Crippen LogP contribution in [0.25, 0.3) is 93.6 Å². The van der Waals surface area contributed by atoms with E-state index in [1.54, 1.807) is 0 Å². The fraction of sp³-hybridized carbons (Fsp3) is 0. The third-order valence-electron chi connectivity index (χ3n) is 12.2. The van der Waals surface area contributed by atoms with E-state index in [2.05, 4.69) is 228 Å². The second-order valence-corrected chi connectivity index (χ2v) is 15.7. The smallest absolute Gasteiger partial charge is 0.136 e. The molecule has 10 aromatic carbocycles. The molecule has 0 bridgehead atoms. The summed E-state index contributed by atoms with van der Waals surface area (Å²) in [6.45, 7) is 0. The van der Waals surface area contributed by atoms with E-state index < -0.39 is 0 Å². The average molecular weight is 779 g/mol. The first-order chi connectivity index (χ1) is 30.2. The van der Waals surface area contributed by atoms with Gasteiger partial charge in [0.2, 0.25) is 0 Å². The summed E-state index contributed by atoms with van der Waals surface area (Å²) in [5, 5.41) is 7.25.